The van der Waals surface area contributed by atoms with E-state index in [0.717, 1.165) is 9.87 Å². The molecule has 0 aliphatic carbocycles. The fourth-order valence-electron chi connectivity index (χ4n) is 4.84. The minimum absolute atomic E-state index is 0.0516. The fourth-order valence-corrected chi connectivity index (χ4v) is 6.27. The molecule has 0 aliphatic rings. The van der Waals surface area contributed by atoms with Crippen molar-refractivity contribution in [2.75, 3.05) is 38.8 Å². The molecule has 3 aromatic rings. The molecule has 46 heavy (non-hydrogen) atoms. The minimum atomic E-state index is -4.34. The first-order chi connectivity index (χ1) is 22.0. The fraction of sp³-hybridized carbons (Fsp3) is 0.412. The molecule has 250 valence electrons. The van der Waals surface area contributed by atoms with E-state index in [9.17, 15) is 18.0 Å². The van der Waals surface area contributed by atoms with Crippen LogP contribution in [0, 0.1) is 0 Å². The predicted octanol–water partition coefficient (Wildman–Crippen LogP) is 5.03. The number of benzene rings is 3. The minimum Gasteiger partial charge on any atom is -0.497 e. The predicted molar refractivity (Wildman–Crippen MR) is 177 cm³/mol. The number of amides is 2. The number of ether oxygens (including phenoxy) is 4. The van der Waals surface area contributed by atoms with Gasteiger partial charge in [-0.1, -0.05) is 26.0 Å². The summed E-state index contributed by atoms with van der Waals surface area (Å²) < 4.78 is 51.2. The molecule has 0 radical (unpaired) electrons. The molecule has 0 heterocycles. The molecule has 3 rings (SSSR count). The number of anilines is 1. The summed E-state index contributed by atoms with van der Waals surface area (Å²) in [4.78, 5) is 29.2. The van der Waals surface area contributed by atoms with Crippen LogP contribution in [0.3, 0.4) is 0 Å². The summed E-state index contributed by atoms with van der Waals surface area (Å²) in [7, 11) is 0.0744. The number of rotatable bonds is 17. The third-order valence-corrected chi connectivity index (χ3v) is 9.30. The standard InChI is InChI=1S/C34H45N3O8S/c1-8-24(4)35-34(39)30(9-2)36(22-25-12-11-13-28(20-25)42-5)33(38)23-37(26-14-16-27(17-15-26)45-10-3)46(40,41)29-18-19-31(43-6)32(21-29)44-7/h11-21,24,30H,8-10,22-23H2,1-7H3,(H,35,39)/t24-,30-/m1/s1. The summed E-state index contributed by atoms with van der Waals surface area (Å²) in [6.07, 6.45) is 1.02. The lowest BCUT2D eigenvalue weighted by Gasteiger charge is -2.34. The molecule has 0 saturated heterocycles. The zero-order valence-corrected chi connectivity index (χ0v) is 28.4. The Morgan fingerprint density at radius 1 is 0.826 bits per heavy atom. The first kappa shape index (κ1) is 36.0. The molecule has 0 saturated carbocycles. The van der Waals surface area contributed by atoms with Crippen LogP contribution in [0.25, 0.3) is 0 Å². The average molecular weight is 656 g/mol. The maximum Gasteiger partial charge on any atom is 0.264 e. The first-order valence-electron chi connectivity index (χ1n) is 15.2. The van der Waals surface area contributed by atoms with E-state index in [-0.39, 0.29) is 34.8 Å². The Morgan fingerprint density at radius 3 is 2.11 bits per heavy atom. The highest BCUT2D eigenvalue weighted by atomic mass is 32.2. The molecular formula is C34H45N3O8S. The van der Waals surface area contributed by atoms with Crippen molar-refractivity contribution in [2.45, 2.75) is 64.1 Å². The van der Waals surface area contributed by atoms with E-state index >= 15 is 0 Å². The topological polar surface area (TPSA) is 124 Å². The number of hydrogen-bond acceptors (Lipinski definition) is 8. The largest absolute Gasteiger partial charge is 0.497 e. The Bertz CT molecular complexity index is 1560. The van der Waals surface area contributed by atoms with E-state index in [1.54, 1.807) is 49.6 Å². The summed E-state index contributed by atoms with van der Waals surface area (Å²) >= 11 is 0. The molecule has 12 heteroatoms. The Morgan fingerprint density at radius 2 is 1.52 bits per heavy atom. The van der Waals surface area contributed by atoms with E-state index in [0.29, 0.717) is 36.7 Å². The van der Waals surface area contributed by atoms with Crippen LogP contribution in [-0.4, -0.2) is 71.7 Å². The number of sulfonamides is 1. The number of methoxy groups -OCH3 is 3. The van der Waals surface area contributed by atoms with Gasteiger partial charge in [0.1, 0.15) is 24.1 Å². The molecule has 2 amide bonds. The van der Waals surface area contributed by atoms with Crippen LogP contribution in [0.4, 0.5) is 5.69 Å². The quantitative estimate of drug-likeness (QED) is 0.215. The van der Waals surface area contributed by atoms with Crippen molar-refractivity contribution in [3.63, 3.8) is 0 Å². The van der Waals surface area contributed by atoms with Crippen LogP contribution >= 0.6 is 0 Å². The van der Waals surface area contributed by atoms with Gasteiger partial charge in [0.2, 0.25) is 11.8 Å². The zero-order valence-electron chi connectivity index (χ0n) is 27.6. The van der Waals surface area contributed by atoms with Crippen molar-refractivity contribution >= 4 is 27.5 Å². The van der Waals surface area contributed by atoms with Crippen LogP contribution in [0.2, 0.25) is 0 Å². The Labute approximate surface area is 272 Å². The Hall–Kier alpha value is -4.45. The van der Waals surface area contributed by atoms with E-state index in [1.165, 1.54) is 37.3 Å². The monoisotopic (exact) mass is 655 g/mol. The number of carbonyl (C=O) groups is 2. The lowest BCUT2D eigenvalue weighted by Crippen LogP contribution is -2.53. The van der Waals surface area contributed by atoms with Crippen LogP contribution in [0.5, 0.6) is 23.0 Å². The summed E-state index contributed by atoms with van der Waals surface area (Å²) in [6.45, 7) is 7.41. The van der Waals surface area contributed by atoms with Crippen molar-refractivity contribution in [1.29, 1.82) is 0 Å². The van der Waals surface area contributed by atoms with Gasteiger partial charge in [0.25, 0.3) is 10.0 Å². The van der Waals surface area contributed by atoms with Gasteiger partial charge in [-0.2, -0.15) is 0 Å². The van der Waals surface area contributed by atoms with Gasteiger partial charge in [-0.15, -0.1) is 0 Å². The van der Waals surface area contributed by atoms with Gasteiger partial charge in [-0.25, -0.2) is 8.42 Å². The summed E-state index contributed by atoms with van der Waals surface area (Å²) in [6, 6.07) is 16.9. The molecule has 2 atom stereocenters. The van der Waals surface area contributed by atoms with Gasteiger partial charge < -0.3 is 29.2 Å². The third kappa shape index (κ3) is 8.84. The second-order valence-corrected chi connectivity index (χ2v) is 12.4. The average Bonchev–Trinajstić information content (AvgIpc) is 3.07. The Kier molecular flexibility index (Phi) is 13.1. The molecule has 11 nitrogen and oxygen atoms in total. The third-order valence-electron chi connectivity index (χ3n) is 7.53. The van der Waals surface area contributed by atoms with E-state index in [4.69, 9.17) is 18.9 Å². The van der Waals surface area contributed by atoms with Crippen LogP contribution < -0.4 is 28.6 Å². The molecule has 0 aliphatic heterocycles. The highest BCUT2D eigenvalue weighted by Gasteiger charge is 2.34. The molecule has 3 aromatic carbocycles. The SMILES string of the molecule is CCOc1ccc(N(CC(=O)N(Cc2cccc(OC)c2)[C@H](CC)C(=O)N[C@H](C)CC)S(=O)(=O)c2ccc(OC)c(OC)c2)cc1. The van der Waals surface area contributed by atoms with Gasteiger partial charge in [0, 0.05) is 18.7 Å². The van der Waals surface area contributed by atoms with Gasteiger partial charge >= 0.3 is 0 Å². The van der Waals surface area contributed by atoms with Gasteiger partial charge in [-0.05, 0) is 80.8 Å². The maximum atomic E-state index is 14.4. The lowest BCUT2D eigenvalue weighted by atomic mass is 10.1. The smallest absolute Gasteiger partial charge is 0.264 e. The number of hydrogen-bond donors (Lipinski definition) is 1. The highest BCUT2D eigenvalue weighted by molar-refractivity contribution is 7.92. The molecule has 0 fully saturated rings. The van der Waals surface area contributed by atoms with Crippen LogP contribution in [-0.2, 0) is 26.2 Å². The van der Waals surface area contributed by atoms with E-state index < -0.39 is 28.5 Å². The number of carbonyl (C=O) groups excluding carboxylic acids is 2. The first-order valence-corrected chi connectivity index (χ1v) is 16.7. The summed E-state index contributed by atoms with van der Waals surface area (Å²) in [5.41, 5.74) is 0.961. The number of nitrogens with one attached hydrogen (secondary N) is 1. The zero-order chi connectivity index (χ0) is 33.9. The lowest BCUT2D eigenvalue weighted by molar-refractivity contribution is -0.140. The second kappa shape index (κ2) is 16.7. The van der Waals surface area contributed by atoms with Gasteiger partial charge in [0.05, 0.1) is 38.5 Å². The van der Waals surface area contributed by atoms with Gasteiger partial charge in [0.15, 0.2) is 11.5 Å². The van der Waals surface area contributed by atoms with Crippen LogP contribution in [0.1, 0.15) is 46.1 Å². The van der Waals surface area contributed by atoms with Crippen molar-refractivity contribution in [3.05, 3.63) is 72.3 Å². The highest BCUT2D eigenvalue weighted by Crippen LogP contribution is 2.33. The van der Waals surface area contributed by atoms with Crippen molar-refractivity contribution in [2.24, 2.45) is 0 Å². The molecule has 0 unspecified atom stereocenters. The molecule has 0 bridgehead atoms. The van der Waals surface area contributed by atoms with Crippen molar-refractivity contribution in [1.82, 2.24) is 10.2 Å². The molecular weight excluding hydrogens is 610 g/mol. The van der Waals surface area contributed by atoms with Crippen molar-refractivity contribution in [3.8, 4) is 23.0 Å². The maximum absolute atomic E-state index is 14.4. The van der Waals surface area contributed by atoms with E-state index in [1.807, 2.05) is 33.8 Å². The van der Waals surface area contributed by atoms with E-state index in [2.05, 4.69) is 5.32 Å². The Balaban J connectivity index is 2.12. The molecule has 0 aromatic heterocycles. The van der Waals surface area contributed by atoms with Crippen LogP contribution in [0.15, 0.2) is 71.6 Å². The summed E-state index contributed by atoms with van der Waals surface area (Å²) in [5.74, 6) is 0.833. The molecule has 0 spiro atoms. The van der Waals surface area contributed by atoms with Crippen molar-refractivity contribution < 1.29 is 37.0 Å². The second-order valence-electron chi connectivity index (χ2n) is 10.6. The number of nitrogens with zero attached hydrogens (tertiary/aromatic N) is 2. The van der Waals surface area contributed by atoms with Gasteiger partial charge in [-0.3, -0.25) is 13.9 Å². The molecule has 1 N–H and O–H groups in total. The normalized spacial score (nSPS) is 12.4. The summed E-state index contributed by atoms with van der Waals surface area (Å²) in [5, 5.41) is 2.98.